The highest BCUT2D eigenvalue weighted by Crippen LogP contribution is 2.12. The predicted octanol–water partition coefficient (Wildman–Crippen LogP) is 1.82. The molecule has 2 rings (SSSR count). The minimum atomic E-state index is -0.557. The summed E-state index contributed by atoms with van der Waals surface area (Å²) in [6, 6.07) is 4.32. The minimum Gasteiger partial charge on any atom is -0.300 e. The van der Waals surface area contributed by atoms with Gasteiger partial charge in [-0.2, -0.15) is 0 Å². The summed E-state index contributed by atoms with van der Waals surface area (Å²) in [5.74, 6) is -0.557. The molecule has 0 spiro atoms. The zero-order valence-corrected chi connectivity index (χ0v) is 7.93. The SMILES string of the molecule is O=c1[nH]c(Br)nc2cccc(F)c12. The van der Waals surface area contributed by atoms with Crippen LogP contribution in [0.15, 0.2) is 27.7 Å². The summed E-state index contributed by atoms with van der Waals surface area (Å²) in [6.45, 7) is 0. The Hall–Kier alpha value is -1.23. The van der Waals surface area contributed by atoms with E-state index in [4.69, 9.17) is 0 Å². The van der Waals surface area contributed by atoms with E-state index in [2.05, 4.69) is 25.9 Å². The van der Waals surface area contributed by atoms with E-state index in [0.717, 1.165) is 0 Å². The van der Waals surface area contributed by atoms with Crippen LogP contribution in [0.25, 0.3) is 10.9 Å². The van der Waals surface area contributed by atoms with Gasteiger partial charge in [0.2, 0.25) is 0 Å². The molecule has 0 aliphatic heterocycles. The first kappa shape index (κ1) is 8.37. The number of aromatic amines is 1. The van der Waals surface area contributed by atoms with Crippen LogP contribution in [0.3, 0.4) is 0 Å². The molecule has 0 aliphatic carbocycles. The predicted molar refractivity (Wildman–Crippen MR) is 50.0 cm³/mol. The molecule has 0 atom stereocenters. The molecule has 1 heterocycles. The monoisotopic (exact) mass is 242 g/mol. The van der Waals surface area contributed by atoms with Crippen molar-refractivity contribution in [1.29, 1.82) is 0 Å². The van der Waals surface area contributed by atoms with E-state index in [1.807, 2.05) is 0 Å². The van der Waals surface area contributed by atoms with Gasteiger partial charge in [-0.05, 0) is 28.1 Å². The Morgan fingerprint density at radius 3 is 3.00 bits per heavy atom. The zero-order chi connectivity index (χ0) is 9.42. The summed E-state index contributed by atoms with van der Waals surface area (Å²) in [6.07, 6.45) is 0. The number of nitrogens with zero attached hydrogens (tertiary/aromatic N) is 1. The Morgan fingerprint density at radius 2 is 2.23 bits per heavy atom. The van der Waals surface area contributed by atoms with Gasteiger partial charge in [0.05, 0.1) is 5.52 Å². The molecule has 0 aliphatic rings. The Labute approximate surface area is 80.7 Å². The maximum atomic E-state index is 13.1. The van der Waals surface area contributed by atoms with Crippen LogP contribution in [0.2, 0.25) is 0 Å². The number of halogens is 2. The van der Waals surface area contributed by atoms with Crippen molar-refractivity contribution in [3.05, 3.63) is 39.1 Å². The third-order valence-corrected chi connectivity index (χ3v) is 2.03. The number of hydrogen-bond acceptors (Lipinski definition) is 2. The largest absolute Gasteiger partial charge is 0.300 e. The van der Waals surface area contributed by atoms with E-state index in [0.29, 0.717) is 10.3 Å². The van der Waals surface area contributed by atoms with Gasteiger partial charge in [-0.15, -0.1) is 0 Å². The molecule has 3 nitrogen and oxygen atoms in total. The highest BCUT2D eigenvalue weighted by Gasteiger charge is 2.06. The van der Waals surface area contributed by atoms with Crippen LogP contribution in [-0.4, -0.2) is 9.97 Å². The van der Waals surface area contributed by atoms with Crippen molar-refractivity contribution >= 4 is 26.8 Å². The third kappa shape index (κ3) is 1.35. The molecule has 5 heteroatoms. The number of hydrogen-bond donors (Lipinski definition) is 1. The first-order chi connectivity index (χ1) is 6.18. The normalized spacial score (nSPS) is 10.6. The summed E-state index contributed by atoms with van der Waals surface area (Å²) in [5, 5.41) is -0.00861. The summed E-state index contributed by atoms with van der Waals surface area (Å²) < 4.78 is 13.4. The van der Waals surface area contributed by atoms with Crippen molar-refractivity contribution in [2.24, 2.45) is 0 Å². The summed E-state index contributed by atoms with van der Waals surface area (Å²) in [7, 11) is 0. The lowest BCUT2D eigenvalue weighted by molar-refractivity contribution is 0.638. The Balaban J connectivity index is 3.03. The molecule has 0 radical (unpaired) electrons. The van der Waals surface area contributed by atoms with Gasteiger partial charge in [0, 0.05) is 0 Å². The van der Waals surface area contributed by atoms with Gasteiger partial charge in [-0.25, -0.2) is 9.37 Å². The molecular weight excluding hydrogens is 239 g/mol. The Kier molecular flexibility index (Phi) is 1.88. The minimum absolute atomic E-state index is 0.00861. The first-order valence-corrected chi connectivity index (χ1v) is 4.32. The smallest absolute Gasteiger partial charge is 0.262 e. The molecule has 1 N–H and O–H groups in total. The molecule has 0 unspecified atom stereocenters. The molecule has 0 amide bonds. The van der Waals surface area contributed by atoms with Gasteiger partial charge >= 0.3 is 0 Å². The number of benzene rings is 1. The molecule has 13 heavy (non-hydrogen) atoms. The second-order valence-corrected chi connectivity index (χ2v) is 3.24. The first-order valence-electron chi connectivity index (χ1n) is 3.52. The molecule has 1 aromatic carbocycles. The maximum absolute atomic E-state index is 13.1. The number of aromatic nitrogens is 2. The number of fused-ring (bicyclic) bond motifs is 1. The lowest BCUT2D eigenvalue weighted by Crippen LogP contribution is -2.09. The van der Waals surface area contributed by atoms with Crippen molar-refractivity contribution in [1.82, 2.24) is 9.97 Å². The van der Waals surface area contributed by atoms with Gasteiger partial charge in [-0.1, -0.05) is 6.07 Å². The summed E-state index contributed by atoms with van der Waals surface area (Å²) >= 11 is 3.02. The van der Waals surface area contributed by atoms with E-state index in [1.165, 1.54) is 12.1 Å². The second kappa shape index (κ2) is 2.92. The van der Waals surface area contributed by atoms with Crippen molar-refractivity contribution in [2.75, 3.05) is 0 Å². The highest BCUT2D eigenvalue weighted by molar-refractivity contribution is 9.10. The fraction of sp³-hybridized carbons (Fsp3) is 0. The third-order valence-electron chi connectivity index (χ3n) is 1.65. The van der Waals surface area contributed by atoms with E-state index < -0.39 is 11.4 Å². The average molecular weight is 243 g/mol. The zero-order valence-electron chi connectivity index (χ0n) is 6.34. The van der Waals surface area contributed by atoms with Crippen LogP contribution in [0.4, 0.5) is 4.39 Å². The second-order valence-electron chi connectivity index (χ2n) is 2.49. The highest BCUT2D eigenvalue weighted by atomic mass is 79.9. The van der Waals surface area contributed by atoms with E-state index in [-0.39, 0.29) is 5.39 Å². The molecule has 66 valence electrons. The van der Waals surface area contributed by atoms with E-state index >= 15 is 0 Å². The van der Waals surface area contributed by atoms with Crippen LogP contribution in [0.1, 0.15) is 0 Å². The van der Waals surface area contributed by atoms with E-state index in [9.17, 15) is 9.18 Å². The standard InChI is InChI=1S/C8H4BrFN2O/c9-8-11-5-3-1-2-4(10)6(5)7(13)12-8/h1-3H,(H,11,12,13). The van der Waals surface area contributed by atoms with Crippen molar-refractivity contribution in [2.45, 2.75) is 0 Å². The molecule has 0 saturated heterocycles. The van der Waals surface area contributed by atoms with Gasteiger partial charge < -0.3 is 4.98 Å². The van der Waals surface area contributed by atoms with Gasteiger partial charge in [0.1, 0.15) is 11.2 Å². The van der Waals surface area contributed by atoms with Gasteiger partial charge in [-0.3, -0.25) is 4.79 Å². The number of rotatable bonds is 0. The number of H-pyrrole nitrogens is 1. The lowest BCUT2D eigenvalue weighted by atomic mass is 10.2. The van der Waals surface area contributed by atoms with Crippen LogP contribution >= 0.6 is 15.9 Å². The fourth-order valence-electron chi connectivity index (χ4n) is 1.12. The molecule has 1 aromatic heterocycles. The Bertz CT molecular complexity index is 523. The molecule has 0 fully saturated rings. The van der Waals surface area contributed by atoms with Gasteiger partial charge in [0.25, 0.3) is 5.56 Å². The quantitative estimate of drug-likeness (QED) is 0.717. The molecule has 2 aromatic rings. The van der Waals surface area contributed by atoms with Crippen LogP contribution in [0.5, 0.6) is 0 Å². The van der Waals surface area contributed by atoms with E-state index in [1.54, 1.807) is 6.07 Å². The summed E-state index contributed by atoms with van der Waals surface area (Å²) in [4.78, 5) is 17.5. The lowest BCUT2D eigenvalue weighted by Gasteiger charge is -1.97. The maximum Gasteiger partial charge on any atom is 0.262 e. The fourth-order valence-corrected chi connectivity index (χ4v) is 1.49. The molecule has 0 saturated carbocycles. The van der Waals surface area contributed by atoms with Crippen LogP contribution in [-0.2, 0) is 0 Å². The van der Waals surface area contributed by atoms with Crippen LogP contribution in [0, 0.1) is 5.82 Å². The average Bonchev–Trinajstić information content (AvgIpc) is 2.02. The summed E-state index contributed by atoms with van der Waals surface area (Å²) in [5.41, 5.74) is -0.134. The number of nitrogens with one attached hydrogen (secondary N) is 1. The molecule has 0 bridgehead atoms. The van der Waals surface area contributed by atoms with Crippen molar-refractivity contribution < 1.29 is 4.39 Å². The Morgan fingerprint density at radius 1 is 1.46 bits per heavy atom. The van der Waals surface area contributed by atoms with Crippen molar-refractivity contribution in [3.8, 4) is 0 Å². The van der Waals surface area contributed by atoms with Gasteiger partial charge in [0.15, 0.2) is 4.73 Å². The topological polar surface area (TPSA) is 45.8 Å². The molecular formula is C8H4BrFN2O. The van der Waals surface area contributed by atoms with Crippen LogP contribution < -0.4 is 5.56 Å². The van der Waals surface area contributed by atoms with Crippen molar-refractivity contribution in [3.63, 3.8) is 0 Å².